The van der Waals surface area contributed by atoms with Gasteiger partial charge in [0, 0.05) is 22.5 Å². The first kappa shape index (κ1) is 17.7. The second-order valence-corrected chi connectivity index (χ2v) is 4.95. The van der Waals surface area contributed by atoms with Crippen molar-refractivity contribution in [2.45, 2.75) is 38.0 Å². The molecule has 1 aromatic heterocycles. The Hall–Kier alpha value is -1.31. The topological polar surface area (TPSA) is 30.0 Å². The number of carbonyl (C=O) groups excluding carboxylic acids is 1. The van der Waals surface area contributed by atoms with Crippen molar-refractivity contribution < 1.29 is 31.1 Å². The lowest BCUT2D eigenvalue weighted by Gasteiger charge is -2.30. The first-order chi connectivity index (χ1) is 9.23. The fourth-order valence-corrected chi connectivity index (χ4v) is 1.99. The third-order valence-electron chi connectivity index (χ3n) is 2.77. The number of nitrogens with zero attached hydrogens (tertiary/aromatic N) is 1. The lowest BCUT2D eigenvalue weighted by molar-refractivity contribution is -0.286. The van der Waals surface area contributed by atoms with E-state index >= 15 is 0 Å². The number of Topliss-reactive ketones (excluding diaryl/α,β-unsaturated/α-hetero) is 1. The van der Waals surface area contributed by atoms with Crippen LogP contribution in [0.25, 0.3) is 0 Å². The quantitative estimate of drug-likeness (QED) is 0.462. The summed E-state index contributed by atoms with van der Waals surface area (Å²) in [5, 5.41) is -5.49. The summed E-state index contributed by atoms with van der Waals surface area (Å²) in [5.74, 6) is -12.2. The first-order valence-electron chi connectivity index (χ1n) is 5.55. The summed E-state index contributed by atoms with van der Waals surface area (Å²) in [7, 11) is 0. The fourth-order valence-electron chi connectivity index (χ4n) is 1.87. The lowest BCUT2D eigenvalue weighted by atomic mass is 9.93. The fraction of sp³-hybridized carbons (Fsp3) is 0.500. The average Bonchev–Trinajstić information content (AvgIpc) is 2.25. The van der Waals surface area contributed by atoms with Gasteiger partial charge in [0.15, 0.2) is 5.78 Å². The average molecular weight is 334 g/mol. The van der Waals surface area contributed by atoms with Crippen LogP contribution in [0.5, 0.6) is 0 Å². The molecule has 0 aliphatic heterocycles. The maximum Gasteiger partial charge on any atom is 0.390 e. The molecule has 0 saturated carbocycles. The molecule has 0 spiro atoms. The van der Waals surface area contributed by atoms with Crippen molar-refractivity contribution in [3.05, 3.63) is 28.6 Å². The van der Waals surface area contributed by atoms with Crippen LogP contribution in [0.1, 0.15) is 34.2 Å². The number of hydrogen-bond acceptors (Lipinski definition) is 2. The van der Waals surface area contributed by atoms with E-state index in [4.69, 9.17) is 0 Å². The summed E-state index contributed by atoms with van der Waals surface area (Å²) < 4.78 is 79.8. The van der Waals surface area contributed by atoms with E-state index in [-0.39, 0.29) is 11.4 Å². The SMILES string of the molecule is CC(=O)c1c(C(F)(F)C(F)(F)C(F)(F)Cl)cc(C)nc1C. The summed E-state index contributed by atoms with van der Waals surface area (Å²) in [6, 6.07) is 0.472. The van der Waals surface area contributed by atoms with Gasteiger partial charge in [0.25, 0.3) is 0 Å². The number of aryl methyl sites for hydroxylation is 2. The lowest BCUT2D eigenvalue weighted by Crippen LogP contribution is -2.50. The summed E-state index contributed by atoms with van der Waals surface area (Å²) >= 11 is 4.11. The third-order valence-corrected chi connectivity index (χ3v) is 3.01. The third kappa shape index (κ3) is 2.86. The molecule has 0 aliphatic rings. The number of halogens is 7. The molecule has 0 bridgehead atoms. The second-order valence-electron chi connectivity index (χ2n) is 4.47. The van der Waals surface area contributed by atoms with Crippen LogP contribution in [-0.4, -0.2) is 22.1 Å². The van der Waals surface area contributed by atoms with E-state index in [1.165, 1.54) is 6.92 Å². The second kappa shape index (κ2) is 5.15. The Morgan fingerprint density at radius 2 is 1.62 bits per heavy atom. The first-order valence-corrected chi connectivity index (χ1v) is 5.93. The highest BCUT2D eigenvalue weighted by molar-refractivity contribution is 6.22. The van der Waals surface area contributed by atoms with Crippen LogP contribution in [0.4, 0.5) is 26.3 Å². The molecule has 2 nitrogen and oxygen atoms in total. The molecular formula is C12H10ClF6NO. The molecule has 1 heterocycles. The van der Waals surface area contributed by atoms with Crippen LogP contribution in [-0.2, 0) is 5.92 Å². The van der Waals surface area contributed by atoms with Gasteiger partial charge in [-0.2, -0.15) is 26.3 Å². The highest BCUT2D eigenvalue weighted by Crippen LogP contribution is 2.53. The van der Waals surface area contributed by atoms with Gasteiger partial charge in [-0.3, -0.25) is 9.78 Å². The van der Waals surface area contributed by atoms with Crippen LogP contribution in [0.2, 0.25) is 0 Å². The molecule has 9 heteroatoms. The minimum Gasteiger partial charge on any atom is -0.294 e. The van der Waals surface area contributed by atoms with Gasteiger partial charge < -0.3 is 0 Å². The molecule has 1 aromatic rings. The Balaban J connectivity index is 3.70. The molecule has 0 aromatic carbocycles. The van der Waals surface area contributed by atoms with Crippen LogP contribution in [0.15, 0.2) is 6.07 Å². The summed E-state index contributed by atoms with van der Waals surface area (Å²) in [6.07, 6.45) is 0. The smallest absolute Gasteiger partial charge is 0.294 e. The van der Waals surface area contributed by atoms with Gasteiger partial charge in [-0.05, 0) is 38.4 Å². The van der Waals surface area contributed by atoms with Gasteiger partial charge in [-0.15, -0.1) is 0 Å². The van der Waals surface area contributed by atoms with Gasteiger partial charge in [-0.25, -0.2) is 0 Å². The Morgan fingerprint density at radius 3 is 2.00 bits per heavy atom. The van der Waals surface area contributed by atoms with E-state index in [0.717, 1.165) is 13.8 Å². The van der Waals surface area contributed by atoms with Gasteiger partial charge in [0.2, 0.25) is 0 Å². The standard InChI is InChI=1S/C12H10ClF6NO/c1-5-4-8(9(7(3)21)6(2)20-5)10(14,15)11(16,17)12(13,18)19/h4H,1-3H3. The van der Waals surface area contributed by atoms with Crippen molar-refractivity contribution in [2.24, 2.45) is 0 Å². The Morgan fingerprint density at radius 1 is 1.14 bits per heavy atom. The molecule has 0 N–H and O–H groups in total. The Labute approximate surface area is 121 Å². The van der Waals surface area contributed by atoms with Gasteiger partial charge in [0.1, 0.15) is 0 Å². The molecule has 0 atom stereocenters. The van der Waals surface area contributed by atoms with E-state index in [9.17, 15) is 31.1 Å². The van der Waals surface area contributed by atoms with Crippen LogP contribution in [0.3, 0.4) is 0 Å². The number of alkyl halides is 7. The van der Waals surface area contributed by atoms with E-state index in [2.05, 4.69) is 16.6 Å². The van der Waals surface area contributed by atoms with Crippen molar-refractivity contribution in [2.75, 3.05) is 0 Å². The molecule has 21 heavy (non-hydrogen) atoms. The van der Waals surface area contributed by atoms with Crippen LogP contribution in [0, 0.1) is 13.8 Å². The van der Waals surface area contributed by atoms with Crippen LogP contribution >= 0.6 is 11.6 Å². The van der Waals surface area contributed by atoms with Crippen molar-refractivity contribution in [1.29, 1.82) is 0 Å². The number of hydrogen-bond donors (Lipinski definition) is 0. The summed E-state index contributed by atoms with van der Waals surface area (Å²) in [5.41, 5.74) is -2.73. The molecule has 0 saturated heterocycles. The number of rotatable bonds is 4. The molecule has 0 fully saturated rings. The minimum atomic E-state index is -5.88. The predicted octanol–water partition coefficient (Wildman–Crippen LogP) is 4.46. The maximum absolute atomic E-state index is 13.9. The Kier molecular flexibility index (Phi) is 4.35. The normalized spacial score (nSPS) is 13.4. The number of aromatic nitrogens is 1. The van der Waals surface area contributed by atoms with Gasteiger partial charge in [-0.1, -0.05) is 0 Å². The van der Waals surface area contributed by atoms with E-state index < -0.39 is 34.1 Å². The molecular weight excluding hydrogens is 324 g/mol. The number of pyridine rings is 1. The highest BCUT2D eigenvalue weighted by Gasteiger charge is 2.72. The van der Waals surface area contributed by atoms with Gasteiger partial charge in [0.05, 0.1) is 0 Å². The maximum atomic E-state index is 13.9. The van der Waals surface area contributed by atoms with Crippen molar-refractivity contribution in [3.63, 3.8) is 0 Å². The number of carbonyl (C=O) groups is 1. The van der Waals surface area contributed by atoms with Crippen molar-refractivity contribution >= 4 is 17.4 Å². The van der Waals surface area contributed by atoms with Crippen molar-refractivity contribution in [1.82, 2.24) is 4.98 Å². The molecule has 0 amide bonds. The van der Waals surface area contributed by atoms with Crippen molar-refractivity contribution in [3.8, 4) is 0 Å². The largest absolute Gasteiger partial charge is 0.390 e. The summed E-state index contributed by atoms with van der Waals surface area (Å²) in [4.78, 5) is 15.1. The number of ketones is 1. The molecule has 0 aliphatic carbocycles. The zero-order valence-corrected chi connectivity index (χ0v) is 11.8. The molecule has 0 unspecified atom stereocenters. The molecule has 0 radical (unpaired) electrons. The van der Waals surface area contributed by atoms with E-state index in [1.807, 2.05) is 0 Å². The zero-order valence-electron chi connectivity index (χ0n) is 11.1. The molecule has 118 valence electrons. The van der Waals surface area contributed by atoms with Crippen LogP contribution < -0.4 is 0 Å². The monoisotopic (exact) mass is 333 g/mol. The highest BCUT2D eigenvalue weighted by atomic mass is 35.5. The van der Waals surface area contributed by atoms with E-state index in [0.29, 0.717) is 6.07 Å². The van der Waals surface area contributed by atoms with Gasteiger partial charge >= 0.3 is 17.2 Å². The minimum absolute atomic E-state index is 0.124. The Bertz CT molecular complexity index is 582. The predicted molar refractivity (Wildman–Crippen MR) is 63.4 cm³/mol. The summed E-state index contributed by atoms with van der Waals surface area (Å²) in [6.45, 7) is 3.18. The molecule has 1 rings (SSSR count). The van der Waals surface area contributed by atoms with E-state index in [1.54, 1.807) is 0 Å². The zero-order chi connectivity index (χ0) is 16.8.